The molecule has 11 nitrogen and oxygen atoms in total. The summed E-state index contributed by atoms with van der Waals surface area (Å²) in [5.41, 5.74) is 2.44. The Morgan fingerprint density at radius 1 is 0.974 bits per heavy atom. The predicted octanol–water partition coefficient (Wildman–Crippen LogP) is 0.834. The summed E-state index contributed by atoms with van der Waals surface area (Å²) in [5, 5.41) is 24.0. The average Bonchev–Trinajstić information content (AvgIpc) is 3.39. The van der Waals surface area contributed by atoms with Crippen molar-refractivity contribution in [1.82, 2.24) is 35.4 Å². The Balaban J connectivity index is 1.41. The van der Waals surface area contributed by atoms with Crippen LogP contribution in [0.5, 0.6) is 5.75 Å². The van der Waals surface area contributed by atoms with Gasteiger partial charge in [0, 0.05) is 45.6 Å². The summed E-state index contributed by atoms with van der Waals surface area (Å²) in [5.74, 6) is -0.606. The van der Waals surface area contributed by atoms with Gasteiger partial charge in [0.2, 0.25) is 17.7 Å². The van der Waals surface area contributed by atoms with Gasteiger partial charge in [-0.2, -0.15) is 0 Å². The summed E-state index contributed by atoms with van der Waals surface area (Å²) < 4.78 is 1.66. The maximum atomic E-state index is 14.0. The van der Waals surface area contributed by atoms with E-state index in [9.17, 15) is 19.5 Å². The largest absolute Gasteiger partial charge is 0.508 e. The van der Waals surface area contributed by atoms with Crippen LogP contribution >= 0.6 is 0 Å². The number of aromatic nitrogens is 3. The fourth-order valence-electron chi connectivity index (χ4n) is 5.13. The molecule has 3 heterocycles. The summed E-state index contributed by atoms with van der Waals surface area (Å²) in [7, 11) is 0. The quantitative estimate of drug-likeness (QED) is 0.454. The van der Waals surface area contributed by atoms with Crippen molar-refractivity contribution in [3.63, 3.8) is 0 Å². The fraction of sp³-hybridized carbons (Fsp3) is 0.393. The van der Waals surface area contributed by atoms with Crippen LogP contribution in [0.2, 0.25) is 0 Å². The van der Waals surface area contributed by atoms with E-state index >= 15 is 0 Å². The molecule has 2 bridgehead atoms. The molecule has 1 aromatic heterocycles. The molecule has 1 saturated heterocycles. The zero-order valence-corrected chi connectivity index (χ0v) is 21.7. The summed E-state index contributed by atoms with van der Waals surface area (Å²) in [4.78, 5) is 44.1. The average molecular weight is 532 g/mol. The highest BCUT2D eigenvalue weighted by molar-refractivity contribution is 5.92. The van der Waals surface area contributed by atoms with Gasteiger partial charge in [-0.1, -0.05) is 47.7 Å². The number of carbonyl (C=O) groups is 3. The number of phenolic OH excluding ortho intramolecular Hbond substituents is 1. The van der Waals surface area contributed by atoms with Crippen molar-refractivity contribution in [2.45, 2.75) is 51.0 Å². The molecule has 0 aliphatic carbocycles. The Hall–Kier alpha value is -4.25. The molecular formula is C28H33N7O4. The van der Waals surface area contributed by atoms with E-state index in [0.29, 0.717) is 51.3 Å². The minimum Gasteiger partial charge on any atom is -0.508 e. The highest BCUT2D eigenvalue weighted by Crippen LogP contribution is 2.19. The molecule has 39 heavy (non-hydrogen) atoms. The van der Waals surface area contributed by atoms with Crippen LogP contribution in [0, 0.1) is 0 Å². The summed E-state index contributed by atoms with van der Waals surface area (Å²) in [6, 6.07) is 15.0. The molecule has 11 heteroatoms. The lowest BCUT2D eigenvalue weighted by atomic mass is 10.0. The van der Waals surface area contributed by atoms with Gasteiger partial charge in [-0.3, -0.25) is 24.0 Å². The van der Waals surface area contributed by atoms with Crippen molar-refractivity contribution in [3.8, 4) is 5.75 Å². The predicted molar refractivity (Wildman–Crippen MR) is 142 cm³/mol. The van der Waals surface area contributed by atoms with Gasteiger partial charge in [0.15, 0.2) is 0 Å². The summed E-state index contributed by atoms with van der Waals surface area (Å²) >= 11 is 0. The lowest BCUT2D eigenvalue weighted by molar-refractivity contribution is -0.146. The maximum Gasteiger partial charge on any atom is 0.246 e. The Kier molecular flexibility index (Phi) is 8.16. The molecule has 0 unspecified atom stereocenters. The SMILES string of the molecule is O=C1CCCn2cc(nn2)CNC(=O)[C@H]2CN(Cc3cccc(O)c3)CCN2C(=O)[C@H](Cc2ccccc2)N1. The molecule has 3 amide bonds. The number of aryl methyl sites for hydroxylation is 1. The van der Waals surface area contributed by atoms with Gasteiger partial charge >= 0.3 is 0 Å². The zero-order valence-electron chi connectivity index (χ0n) is 21.7. The number of carbonyl (C=O) groups excluding carboxylic acids is 3. The number of nitrogens with one attached hydrogen (secondary N) is 2. The highest BCUT2D eigenvalue weighted by atomic mass is 16.3. The number of amides is 3. The van der Waals surface area contributed by atoms with Crippen LogP contribution in [0.1, 0.15) is 29.7 Å². The van der Waals surface area contributed by atoms with E-state index in [4.69, 9.17) is 0 Å². The number of benzene rings is 2. The minimum absolute atomic E-state index is 0.181. The standard InChI is InChI=1S/C28H33N7O4/c36-23-9-4-8-21(14-23)17-33-12-13-35-25(19-33)27(38)29-16-22-18-34(32-31-22)11-5-10-26(37)30-24(28(35)39)15-20-6-2-1-3-7-20/h1-4,6-9,14,18,24-25,36H,5,10-13,15-17,19H2,(H,29,38)(H,30,37)/t24-,25+/m0/s1. The summed E-state index contributed by atoms with van der Waals surface area (Å²) in [6.45, 7) is 2.40. The van der Waals surface area contributed by atoms with Crippen LogP contribution in [0.3, 0.4) is 0 Å². The second kappa shape index (κ2) is 12.1. The second-order valence-electron chi connectivity index (χ2n) is 10.1. The van der Waals surface area contributed by atoms with Crippen molar-refractivity contribution >= 4 is 17.7 Å². The molecule has 204 valence electrons. The molecule has 0 spiro atoms. The maximum absolute atomic E-state index is 14.0. The topological polar surface area (TPSA) is 133 Å². The zero-order chi connectivity index (χ0) is 27.2. The molecule has 2 aliphatic rings. The third-order valence-electron chi connectivity index (χ3n) is 7.10. The molecule has 3 N–H and O–H groups in total. The lowest BCUT2D eigenvalue weighted by Gasteiger charge is -2.42. The molecule has 3 aromatic rings. The van der Waals surface area contributed by atoms with E-state index in [1.54, 1.807) is 34.0 Å². The van der Waals surface area contributed by atoms with Crippen molar-refractivity contribution in [3.05, 3.63) is 77.6 Å². The van der Waals surface area contributed by atoms with Crippen molar-refractivity contribution in [1.29, 1.82) is 0 Å². The molecular weight excluding hydrogens is 498 g/mol. The third-order valence-corrected chi connectivity index (χ3v) is 7.10. The first-order valence-corrected chi connectivity index (χ1v) is 13.3. The van der Waals surface area contributed by atoms with E-state index in [0.717, 1.165) is 11.1 Å². The van der Waals surface area contributed by atoms with E-state index in [-0.39, 0.29) is 36.4 Å². The number of piperazine rings is 1. The molecule has 2 atom stereocenters. The van der Waals surface area contributed by atoms with Gasteiger partial charge in [0.1, 0.15) is 23.5 Å². The molecule has 2 aromatic carbocycles. The Labute approximate surface area is 226 Å². The Bertz CT molecular complexity index is 1310. The number of hydrogen-bond donors (Lipinski definition) is 3. The number of phenols is 1. The smallest absolute Gasteiger partial charge is 0.246 e. The van der Waals surface area contributed by atoms with Crippen LogP contribution < -0.4 is 10.6 Å². The van der Waals surface area contributed by atoms with Crippen LogP contribution in [0.25, 0.3) is 0 Å². The van der Waals surface area contributed by atoms with Crippen LogP contribution in [-0.4, -0.2) is 79.3 Å². The first-order valence-electron chi connectivity index (χ1n) is 13.3. The fourth-order valence-corrected chi connectivity index (χ4v) is 5.13. The van der Waals surface area contributed by atoms with Crippen LogP contribution in [-0.2, 0) is 40.4 Å². The number of nitrogens with zero attached hydrogens (tertiary/aromatic N) is 5. The van der Waals surface area contributed by atoms with Crippen molar-refractivity contribution in [2.24, 2.45) is 0 Å². The van der Waals surface area contributed by atoms with E-state index in [1.807, 2.05) is 36.4 Å². The summed E-state index contributed by atoms with van der Waals surface area (Å²) in [6.07, 6.45) is 2.87. The normalized spacial score (nSPS) is 21.3. The van der Waals surface area contributed by atoms with Crippen molar-refractivity contribution in [2.75, 3.05) is 19.6 Å². The number of aromatic hydroxyl groups is 1. The molecule has 0 radical (unpaired) electrons. The number of fused-ring (bicyclic) bond motifs is 3. The van der Waals surface area contributed by atoms with Crippen LogP contribution in [0.15, 0.2) is 60.8 Å². The van der Waals surface area contributed by atoms with E-state index in [2.05, 4.69) is 25.8 Å². The molecule has 1 fully saturated rings. The van der Waals surface area contributed by atoms with Crippen LogP contribution in [0.4, 0.5) is 0 Å². The first-order chi connectivity index (χ1) is 18.9. The first kappa shape index (κ1) is 26.4. The molecule has 2 aliphatic heterocycles. The second-order valence-corrected chi connectivity index (χ2v) is 10.1. The monoisotopic (exact) mass is 531 g/mol. The Morgan fingerprint density at radius 2 is 1.79 bits per heavy atom. The highest BCUT2D eigenvalue weighted by Gasteiger charge is 2.38. The van der Waals surface area contributed by atoms with Gasteiger partial charge in [-0.05, 0) is 29.7 Å². The molecule has 5 rings (SSSR count). The van der Waals surface area contributed by atoms with Gasteiger partial charge in [-0.25, -0.2) is 0 Å². The van der Waals surface area contributed by atoms with E-state index in [1.165, 1.54) is 0 Å². The number of rotatable bonds is 4. The van der Waals surface area contributed by atoms with Gasteiger partial charge in [0.05, 0.1) is 12.7 Å². The lowest BCUT2D eigenvalue weighted by Crippen LogP contribution is -2.63. The van der Waals surface area contributed by atoms with Gasteiger partial charge < -0.3 is 20.6 Å². The van der Waals surface area contributed by atoms with Crippen molar-refractivity contribution < 1.29 is 19.5 Å². The number of hydrogen-bond acceptors (Lipinski definition) is 7. The minimum atomic E-state index is -0.796. The van der Waals surface area contributed by atoms with Gasteiger partial charge in [-0.15, -0.1) is 5.10 Å². The van der Waals surface area contributed by atoms with Gasteiger partial charge in [0.25, 0.3) is 0 Å². The Morgan fingerprint density at radius 3 is 2.62 bits per heavy atom. The molecule has 0 saturated carbocycles. The third kappa shape index (κ3) is 6.80. The van der Waals surface area contributed by atoms with E-state index < -0.39 is 12.1 Å².